The van der Waals surface area contributed by atoms with Gasteiger partial charge in [-0.1, -0.05) is 59.1 Å². The molecular weight excluding hydrogens is 403 g/mol. The van der Waals surface area contributed by atoms with Gasteiger partial charge in [-0.15, -0.1) is 0 Å². The third-order valence-corrected chi connectivity index (χ3v) is 5.07. The van der Waals surface area contributed by atoms with Crippen molar-refractivity contribution in [2.45, 2.75) is 10.0 Å². The average Bonchev–Trinajstić information content (AvgIpc) is 2.61. The van der Waals surface area contributed by atoms with Crippen molar-refractivity contribution in [2.24, 2.45) is 5.73 Å². The molecule has 1 atom stereocenters. The van der Waals surface area contributed by atoms with Crippen LogP contribution in [0.15, 0.2) is 48.5 Å². The van der Waals surface area contributed by atoms with Gasteiger partial charge >= 0.3 is 0 Å². The summed E-state index contributed by atoms with van der Waals surface area (Å²) in [5.41, 5.74) is 3.42. The molecule has 6 nitrogen and oxygen atoms in total. The van der Waals surface area contributed by atoms with Crippen molar-refractivity contribution in [1.82, 2.24) is 4.90 Å². The normalized spacial score (nSPS) is 12.3. The molecule has 0 heterocycles. The number of carbonyl (C=O) groups excluding carboxylic acids is 2. The molecule has 2 aromatic rings. The fourth-order valence-corrected chi connectivity index (χ4v) is 2.56. The van der Waals surface area contributed by atoms with Crippen molar-refractivity contribution >= 4 is 46.6 Å². The first kappa shape index (κ1) is 20.2. The van der Waals surface area contributed by atoms with E-state index in [-0.39, 0.29) is 11.1 Å². The van der Waals surface area contributed by atoms with Gasteiger partial charge in [-0.3, -0.25) is 9.59 Å². The highest BCUT2D eigenvalue weighted by atomic mass is 35.5. The Hall–Kier alpha value is -2.15. The molecule has 0 saturated heterocycles. The fourth-order valence-electron chi connectivity index (χ4n) is 2.07. The number of benzene rings is 2. The Kier molecular flexibility index (Phi) is 6.23. The molecule has 2 aromatic carbocycles. The Morgan fingerprint density at radius 1 is 1.12 bits per heavy atom. The maximum absolute atomic E-state index is 12.7. The molecule has 0 aliphatic carbocycles. The molecule has 0 aromatic heterocycles. The summed E-state index contributed by atoms with van der Waals surface area (Å²) in [6.07, 6.45) is 0. The maximum Gasteiger partial charge on any atom is 0.259 e. The Bertz CT molecular complexity index is 815. The van der Waals surface area contributed by atoms with Crippen LogP contribution < -0.4 is 10.5 Å². The predicted molar refractivity (Wildman–Crippen MR) is 99.9 cm³/mol. The first-order chi connectivity index (χ1) is 12.2. The number of ether oxygens (including phenoxy) is 1. The van der Waals surface area contributed by atoms with E-state index in [4.69, 9.17) is 45.3 Å². The number of rotatable bonds is 6. The van der Waals surface area contributed by atoms with Crippen LogP contribution in [0.2, 0.25) is 0 Å². The van der Waals surface area contributed by atoms with Crippen LogP contribution in [-0.4, -0.2) is 38.9 Å². The van der Waals surface area contributed by atoms with E-state index in [1.807, 2.05) is 0 Å². The molecule has 3 N–H and O–H groups in total. The lowest BCUT2D eigenvalue weighted by atomic mass is 10.1. The molecule has 0 bridgehead atoms. The van der Waals surface area contributed by atoms with Crippen molar-refractivity contribution in [1.29, 1.82) is 0 Å². The Morgan fingerprint density at radius 2 is 1.69 bits per heavy atom. The van der Waals surface area contributed by atoms with Crippen LogP contribution >= 0.6 is 34.8 Å². The van der Waals surface area contributed by atoms with Gasteiger partial charge in [0.2, 0.25) is 10.0 Å². The third kappa shape index (κ3) is 4.15. The van der Waals surface area contributed by atoms with Crippen LogP contribution in [-0.2, 0) is 0 Å². The first-order valence-corrected chi connectivity index (χ1v) is 8.49. The lowest BCUT2D eigenvalue weighted by molar-refractivity contribution is 0.0682. The fraction of sp³-hybridized carbons (Fsp3) is 0.176. The number of nitrogens with zero attached hydrogens (tertiary/aromatic N) is 1. The van der Waals surface area contributed by atoms with E-state index in [1.165, 1.54) is 25.2 Å². The van der Waals surface area contributed by atoms with Crippen molar-refractivity contribution < 1.29 is 19.4 Å². The molecule has 0 spiro atoms. The zero-order chi connectivity index (χ0) is 19.5. The van der Waals surface area contributed by atoms with E-state index >= 15 is 0 Å². The molecule has 138 valence electrons. The second-order valence-electron chi connectivity index (χ2n) is 5.26. The van der Waals surface area contributed by atoms with E-state index in [1.54, 1.807) is 30.3 Å². The molecule has 0 fully saturated rings. The molecule has 2 amide bonds. The molecule has 0 aliphatic heterocycles. The highest BCUT2D eigenvalue weighted by Gasteiger charge is 2.43. The smallest absolute Gasteiger partial charge is 0.259 e. The summed E-state index contributed by atoms with van der Waals surface area (Å²) < 4.78 is 3.47. The van der Waals surface area contributed by atoms with Gasteiger partial charge in [0, 0.05) is 7.05 Å². The number of likely N-dealkylation sites (N-methyl/N-ethyl adjacent to an activating group) is 1. The Morgan fingerprint density at radius 3 is 2.27 bits per heavy atom. The number of hydrogen-bond donors (Lipinski definition) is 2. The largest absolute Gasteiger partial charge is 0.506 e. The summed E-state index contributed by atoms with van der Waals surface area (Å²) in [7, 11) is 1.28. The quantitative estimate of drug-likeness (QED) is 0.557. The van der Waals surface area contributed by atoms with Gasteiger partial charge in [0.05, 0.1) is 11.1 Å². The summed E-state index contributed by atoms with van der Waals surface area (Å²) in [6, 6.07) is 12.5. The molecule has 0 saturated carbocycles. The number of hydrogen-bond acceptors (Lipinski definition) is 4. The predicted octanol–water partition coefficient (Wildman–Crippen LogP) is 3.34. The van der Waals surface area contributed by atoms with Gasteiger partial charge < -0.3 is 20.5 Å². The molecule has 9 heteroatoms. The summed E-state index contributed by atoms with van der Waals surface area (Å²) in [5.74, 6) is -1.84. The highest BCUT2D eigenvalue weighted by Crippen LogP contribution is 2.36. The van der Waals surface area contributed by atoms with E-state index in [0.717, 1.165) is 4.90 Å². The third-order valence-electron chi connectivity index (χ3n) is 3.54. The maximum atomic E-state index is 12.7. The zero-order valence-corrected chi connectivity index (χ0v) is 15.8. The number of phenols is 1. The molecule has 26 heavy (non-hydrogen) atoms. The summed E-state index contributed by atoms with van der Waals surface area (Å²) in [4.78, 5) is 24.9. The SMILES string of the molecule is CN(C(=O)c1cccc(C(N)=O)c1O)C(Cl)(Cl)C(Cl)Oc1ccccc1. The van der Waals surface area contributed by atoms with Crippen molar-refractivity contribution in [3.63, 3.8) is 0 Å². The summed E-state index contributed by atoms with van der Waals surface area (Å²) >= 11 is 18.6. The number of aromatic hydroxyl groups is 1. The lowest BCUT2D eigenvalue weighted by Crippen LogP contribution is -2.49. The Labute approximate surface area is 165 Å². The van der Waals surface area contributed by atoms with Crippen molar-refractivity contribution in [3.05, 3.63) is 59.7 Å². The second kappa shape index (κ2) is 8.03. The van der Waals surface area contributed by atoms with Crippen LogP contribution in [0, 0.1) is 0 Å². The van der Waals surface area contributed by atoms with Crippen LogP contribution in [0.4, 0.5) is 0 Å². The van der Waals surface area contributed by atoms with Gasteiger partial charge in [0.25, 0.3) is 11.8 Å². The van der Waals surface area contributed by atoms with Crippen LogP contribution in [0.25, 0.3) is 0 Å². The van der Waals surface area contributed by atoms with Gasteiger partial charge in [0.1, 0.15) is 11.5 Å². The van der Waals surface area contributed by atoms with Gasteiger partial charge in [-0.05, 0) is 24.3 Å². The van der Waals surface area contributed by atoms with Crippen LogP contribution in [0.3, 0.4) is 0 Å². The van der Waals surface area contributed by atoms with Crippen molar-refractivity contribution in [3.8, 4) is 11.5 Å². The number of para-hydroxylation sites is 2. The van der Waals surface area contributed by atoms with Crippen LogP contribution in [0.1, 0.15) is 20.7 Å². The minimum absolute atomic E-state index is 0.207. The van der Waals surface area contributed by atoms with E-state index < -0.39 is 27.6 Å². The van der Waals surface area contributed by atoms with E-state index in [9.17, 15) is 14.7 Å². The number of nitrogens with two attached hydrogens (primary N) is 1. The van der Waals surface area contributed by atoms with E-state index in [2.05, 4.69) is 0 Å². The number of carbonyl (C=O) groups is 2. The van der Waals surface area contributed by atoms with Gasteiger partial charge in [-0.2, -0.15) is 0 Å². The lowest BCUT2D eigenvalue weighted by Gasteiger charge is -2.34. The monoisotopic (exact) mass is 416 g/mol. The minimum Gasteiger partial charge on any atom is -0.506 e. The van der Waals surface area contributed by atoms with E-state index in [0.29, 0.717) is 5.75 Å². The highest BCUT2D eigenvalue weighted by molar-refractivity contribution is 6.52. The number of halogens is 3. The molecular formula is C17H15Cl3N2O4. The van der Waals surface area contributed by atoms with Gasteiger partial charge in [0.15, 0.2) is 0 Å². The summed E-state index contributed by atoms with van der Waals surface area (Å²) in [5, 5.41) is 10.1. The topological polar surface area (TPSA) is 92.9 Å². The molecule has 2 rings (SSSR count). The average molecular weight is 418 g/mol. The molecule has 1 unspecified atom stereocenters. The molecule has 0 aliphatic rings. The van der Waals surface area contributed by atoms with Crippen LogP contribution in [0.5, 0.6) is 11.5 Å². The number of primary amides is 1. The first-order valence-electron chi connectivity index (χ1n) is 7.29. The second-order valence-corrected chi connectivity index (χ2v) is 7.01. The standard InChI is InChI=1S/C17H15Cl3N2O4/c1-22(15(25)12-9-5-8-11(13(12)23)14(21)24)17(19,20)16(18)26-10-6-3-2-4-7-10/h2-9,16,23H,1H3,(H2,21,24). The minimum atomic E-state index is -1.98. The van der Waals surface area contributed by atoms with Gasteiger partial charge in [-0.25, -0.2) is 0 Å². The van der Waals surface area contributed by atoms with Crippen molar-refractivity contribution in [2.75, 3.05) is 7.05 Å². The zero-order valence-electron chi connectivity index (χ0n) is 13.5. The number of amides is 2. The summed E-state index contributed by atoms with van der Waals surface area (Å²) in [6.45, 7) is 0. The number of alkyl halides is 3. The molecule has 0 radical (unpaired) electrons. The Balaban J connectivity index is 2.26.